The lowest BCUT2D eigenvalue weighted by atomic mass is 10.1. The maximum atomic E-state index is 6.05. The maximum absolute atomic E-state index is 6.05. The first-order valence-corrected chi connectivity index (χ1v) is 6.82. The molecule has 1 aromatic carbocycles. The van der Waals surface area contributed by atoms with Crippen molar-refractivity contribution >= 4 is 27.5 Å². The third-order valence-electron chi connectivity index (χ3n) is 2.66. The minimum absolute atomic E-state index is 0.690. The fourth-order valence-corrected chi connectivity index (χ4v) is 2.67. The summed E-state index contributed by atoms with van der Waals surface area (Å²) in [5.41, 5.74) is 2.01. The lowest BCUT2D eigenvalue weighted by molar-refractivity contribution is 0.847. The van der Waals surface area contributed by atoms with E-state index in [1.54, 1.807) is 17.1 Å². The minimum Gasteiger partial charge on any atom is -0.237 e. The lowest BCUT2D eigenvalue weighted by Crippen LogP contribution is -1.95. The molecule has 5 heteroatoms. The molecule has 3 aromatic rings. The molecule has 3 rings (SSSR count). The van der Waals surface area contributed by atoms with Gasteiger partial charge in [0.15, 0.2) is 5.82 Å². The Bertz CT molecular complexity index is 689. The van der Waals surface area contributed by atoms with E-state index in [1.807, 2.05) is 42.6 Å². The van der Waals surface area contributed by atoms with Crippen LogP contribution in [-0.4, -0.2) is 14.8 Å². The van der Waals surface area contributed by atoms with Crippen LogP contribution in [0.3, 0.4) is 0 Å². The summed E-state index contributed by atoms with van der Waals surface area (Å²) in [6.07, 6.45) is 5.47. The monoisotopic (exact) mass is 333 g/mol. The van der Waals surface area contributed by atoms with Crippen molar-refractivity contribution < 1.29 is 0 Å². The number of rotatable bonds is 2. The van der Waals surface area contributed by atoms with Gasteiger partial charge in [-0.25, -0.2) is 9.67 Å². The number of pyridine rings is 1. The van der Waals surface area contributed by atoms with Crippen molar-refractivity contribution in [2.24, 2.45) is 0 Å². The smallest absolute Gasteiger partial charge is 0.153 e. The third kappa shape index (κ3) is 2.69. The topological polar surface area (TPSA) is 30.7 Å². The molecule has 0 saturated carbocycles. The van der Waals surface area contributed by atoms with Crippen LogP contribution in [0.4, 0.5) is 0 Å². The Balaban J connectivity index is 2.02. The van der Waals surface area contributed by atoms with E-state index >= 15 is 0 Å². The van der Waals surface area contributed by atoms with Crippen LogP contribution in [-0.2, 0) is 0 Å². The van der Waals surface area contributed by atoms with Gasteiger partial charge in [-0.2, -0.15) is 5.10 Å². The zero-order chi connectivity index (χ0) is 13.2. The Morgan fingerprint density at radius 2 is 2.00 bits per heavy atom. The van der Waals surface area contributed by atoms with Crippen LogP contribution in [0.1, 0.15) is 0 Å². The molecule has 0 fully saturated rings. The van der Waals surface area contributed by atoms with E-state index in [2.05, 4.69) is 26.0 Å². The molecular formula is C14H9BrClN3. The molecule has 0 aliphatic heterocycles. The summed E-state index contributed by atoms with van der Waals surface area (Å²) < 4.78 is 2.69. The zero-order valence-corrected chi connectivity index (χ0v) is 12.1. The summed E-state index contributed by atoms with van der Waals surface area (Å²) >= 11 is 9.49. The predicted molar refractivity (Wildman–Crippen MR) is 79.5 cm³/mol. The van der Waals surface area contributed by atoms with Crippen LogP contribution in [0, 0.1) is 0 Å². The second kappa shape index (κ2) is 5.15. The Morgan fingerprint density at radius 3 is 2.74 bits per heavy atom. The molecule has 0 amide bonds. The SMILES string of the molecule is Clc1cc(Br)cc(-c2cnn(-c3ccccn3)c2)c1. The largest absolute Gasteiger partial charge is 0.237 e. The maximum Gasteiger partial charge on any atom is 0.153 e. The average molecular weight is 335 g/mol. The van der Waals surface area contributed by atoms with Crippen molar-refractivity contribution in [2.75, 3.05) is 0 Å². The first-order valence-electron chi connectivity index (χ1n) is 5.65. The van der Waals surface area contributed by atoms with Crippen LogP contribution in [0.5, 0.6) is 0 Å². The van der Waals surface area contributed by atoms with E-state index in [0.717, 1.165) is 21.4 Å². The molecular weight excluding hydrogens is 326 g/mol. The molecule has 19 heavy (non-hydrogen) atoms. The van der Waals surface area contributed by atoms with Crippen LogP contribution in [0.25, 0.3) is 16.9 Å². The standard InChI is InChI=1S/C14H9BrClN3/c15-12-5-10(6-13(16)7-12)11-8-18-19(9-11)14-3-1-2-4-17-14/h1-9H. The van der Waals surface area contributed by atoms with Crippen LogP contribution < -0.4 is 0 Å². The quantitative estimate of drug-likeness (QED) is 0.697. The molecule has 2 heterocycles. The number of aromatic nitrogens is 3. The highest BCUT2D eigenvalue weighted by molar-refractivity contribution is 9.10. The average Bonchev–Trinajstić information content (AvgIpc) is 2.88. The first kappa shape index (κ1) is 12.4. The highest BCUT2D eigenvalue weighted by Crippen LogP contribution is 2.27. The van der Waals surface area contributed by atoms with Crippen LogP contribution in [0.2, 0.25) is 5.02 Å². The summed E-state index contributed by atoms with van der Waals surface area (Å²) in [5, 5.41) is 5.01. The molecule has 0 aliphatic carbocycles. The molecule has 0 saturated heterocycles. The van der Waals surface area contributed by atoms with Gasteiger partial charge in [0.25, 0.3) is 0 Å². The second-order valence-corrected chi connectivity index (χ2v) is 5.37. The van der Waals surface area contributed by atoms with Crippen molar-refractivity contribution in [3.05, 3.63) is 64.5 Å². The number of halogens is 2. The third-order valence-corrected chi connectivity index (χ3v) is 3.34. The molecule has 3 nitrogen and oxygen atoms in total. The van der Waals surface area contributed by atoms with Gasteiger partial charge < -0.3 is 0 Å². The molecule has 0 bridgehead atoms. The molecule has 0 unspecified atom stereocenters. The summed E-state index contributed by atoms with van der Waals surface area (Å²) in [6.45, 7) is 0. The fraction of sp³-hybridized carbons (Fsp3) is 0. The molecule has 0 N–H and O–H groups in total. The van der Waals surface area contributed by atoms with Gasteiger partial charge in [-0.1, -0.05) is 33.6 Å². The molecule has 2 aromatic heterocycles. The molecule has 0 spiro atoms. The minimum atomic E-state index is 0.690. The Hall–Kier alpha value is -1.65. The summed E-state index contributed by atoms with van der Waals surface area (Å²) in [5.74, 6) is 0.787. The summed E-state index contributed by atoms with van der Waals surface area (Å²) in [6, 6.07) is 11.5. The van der Waals surface area contributed by atoms with E-state index in [4.69, 9.17) is 11.6 Å². The van der Waals surface area contributed by atoms with Gasteiger partial charge in [0.2, 0.25) is 0 Å². The van der Waals surface area contributed by atoms with Gasteiger partial charge in [-0.15, -0.1) is 0 Å². The Morgan fingerprint density at radius 1 is 1.11 bits per heavy atom. The van der Waals surface area contributed by atoms with E-state index in [9.17, 15) is 0 Å². The number of hydrogen-bond acceptors (Lipinski definition) is 2. The van der Waals surface area contributed by atoms with E-state index in [-0.39, 0.29) is 0 Å². The highest BCUT2D eigenvalue weighted by atomic mass is 79.9. The number of benzene rings is 1. The Kier molecular flexibility index (Phi) is 3.36. The van der Waals surface area contributed by atoms with Gasteiger partial charge in [0, 0.05) is 27.5 Å². The van der Waals surface area contributed by atoms with Crippen LogP contribution in [0.15, 0.2) is 59.5 Å². The highest BCUT2D eigenvalue weighted by Gasteiger charge is 2.05. The molecule has 0 aliphatic rings. The van der Waals surface area contributed by atoms with E-state index in [1.165, 1.54) is 0 Å². The first-order chi connectivity index (χ1) is 9.22. The van der Waals surface area contributed by atoms with Gasteiger partial charge in [-0.3, -0.25) is 0 Å². The van der Waals surface area contributed by atoms with Gasteiger partial charge in [0.05, 0.1) is 6.20 Å². The van der Waals surface area contributed by atoms with Crippen molar-refractivity contribution in [1.29, 1.82) is 0 Å². The second-order valence-electron chi connectivity index (χ2n) is 4.02. The Labute approximate surface area is 124 Å². The van der Waals surface area contributed by atoms with E-state index < -0.39 is 0 Å². The molecule has 94 valence electrons. The fourth-order valence-electron chi connectivity index (χ4n) is 1.81. The van der Waals surface area contributed by atoms with Gasteiger partial charge in [0.1, 0.15) is 0 Å². The van der Waals surface area contributed by atoms with Crippen molar-refractivity contribution in [2.45, 2.75) is 0 Å². The van der Waals surface area contributed by atoms with Crippen molar-refractivity contribution in [3.8, 4) is 16.9 Å². The summed E-state index contributed by atoms with van der Waals surface area (Å²) in [7, 11) is 0. The number of hydrogen-bond donors (Lipinski definition) is 0. The van der Waals surface area contributed by atoms with Gasteiger partial charge in [-0.05, 0) is 35.9 Å². The van der Waals surface area contributed by atoms with Crippen molar-refractivity contribution in [1.82, 2.24) is 14.8 Å². The van der Waals surface area contributed by atoms with Crippen molar-refractivity contribution in [3.63, 3.8) is 0 Å². The predicted octanol–water partition coefficient (Wildman–Crippen LogP) is 4.35. The van der Waals surface area contributed by atoms with Gasteiger partial charge >= 0.3 is 0 Å². The molecule has 0 atom stereocenters. The summed E-state index contributed by atoms with van der Waals surface area (Å²) in [4.78, 5) is 4.26. The zero-order valence-electron chi connectivity index (χ0n) is 9.79. The lowest BCUT2D eigenvalue weighted by Gasteiger charge is -2.00. The number of nitrogens with zero attached hydrogens (tertiary/aromatic N) is 3. The van der Waals surface area contributed by atoms with Crippen LogP contribution >= 0.6 is 27.5 Å². The normalized spacial score (nSPS) is 10.6. The molecule has 0 radical (unpaired) electrons. The van der Waals surface area contributed by atoms with E-state index in [0.29, 0.717) is 5.02 Å².